The SMILES string of the molecule is CCN1CCN([C@H](c2cc3ccc(OC)cc3[nH]c2=O)c2nnnn2C2CCCC2)CC1. The number of rotatable bonds is 6. The van der Waals surface area contributed by atoms with Gasteiger partial charge in [0, 0.05) is 37.8 Å². The Bertz CT molecular complexity index is 1130. The summed E-state index contributed by atoms with van der Waals surface area (Å²) in [6.07, 6.45) is 4.56. The van der Waals surface area contributed by atoms with Crippen molar-refractivity contribution in [2.24, 2.45) is 0 Å². The molecule has 0 bridgehead atoms. The Morgan fingerprint density at radius 1 is 1.16 bits per heavy atom. The summed E-state index contributed by atoms with van der Waals surface area (Å²) >= 11 is 0. The number of ether oxygens (including phenoxy) is 1. The molecule has 9 heteroatoms. The Balaban J connectivity index is 1.60. The Morgan fingerprint density at radius 3 is 2.66 bits per heavy atom. The zero-order valence-electron chi connectivity index (χ0n) is 18.8. The molecule has 1 saturated heterocycles. The Hall–Kier alpha value is -2.78. The molecule has 0 amide bonds. The van der Waals surface area contributed by atoms with Gasteiger partial charge in [0.1, 0.15) is 11.8 Å². The van der Waals surface area contributed by atoms with Crippen molar-refractivity contribution in [2.45, 2.75) is 44.7 Å². The monoisotopic (exact) mass is 437 g/mol. The van der Waals surface area contributed by atoms with Gasteiger partial charge in [-0.3, -0.25) is 9.69 Å². The fourth-order valence-electron chi connectivity index (χ4n) is 5.15. The van der Waals surface area contributed by atoms with Crippen LogP contribution in [0, 0.1) is 0 Å². The van der Waals surface area contributed by atoms with E-state index in [-0.39, 0.29) is 11.6 Å². The summed E-state index contributed by atoms with van der Waals surface area (Å²) in [7, 11) is 1.63. The van der Waals surface area contributed by atoms with Crippen molar-refractivity contribution < 1.29 is 4.74 Å². The fraction of sp³-hybridized carbons (Fsp3) is 0.565. The van der Waals surface area contributed by atoms with E-state index in [2.05, 4.69) is 37.2 Å². The lowest BCUT2D eigenvalue weighted by Gasteiger charge is -2.38. The van der Waals surface area contributed by atoms with Crippen LogP contribution in [0.3, 0.4) is 0 Å². The molecule has 0 spiro atoms. The molecule has 1 atom stereocenters. The van der Waals surface area contributed by atoms with Crippen LogP contribution in [-0.4, -0.2) is 74.8 Å². The summed E-state index contributed by atoms with van der Waals surface area (Å²) in [5, 5.41) is 13.9. The van der Waals surface area contributed by atoms with Crippen LogP contribution in [-0.2, 0) is 0 Å². The number of benzene rings is 1. The maximum absolute atomic E-state index is 13.4. The van der Waals surface area contributed by atoms with Crippen LogP contribution >= 0.6 is 0 Å². The van der Waals surface area contributed by atoms with Crippen molar-refractivity contribution in [1.29, 1.82) is 0 Å². The number of hydrogen-bond acceptors (Lipinski definition) is 7. The first-order valence-corrected chi connectivity index (χ1v) is 11.6. The number of aromatic amines is 1. The molecule has 3 aromatic rings. The quantitative estimate of drug-likeness (QED) is 0.633. The summed E-state index contributed by atoms with van der Waals surface area (Å²) in [4.78, 5) is 21.2. The molecule has 9 nitrogen and oxygen atoms in total. The number of fused-ring (bicyclic) bond motifs is 1. The average molecular weight is 438 g/mol. The second kappa shape index (κ2) is 8.99. The van der Waals surface area contributed by atoms with Crippen molar-refractivity contribution >= 4 is 10.9 Å². The zero-order chi connectivity index (χ0) is 22.1. The van der Waals surface area contributed by atoms with Crippen molar-refractivity contribution in [3.63, 3.8) is 0 Å². The van der Waals surface area contributed by atoms with E-state index >= 15 is 0 Å². The minimum absolute atomic E-state index is 0.102. The third-order valence-electron chi connectivity index (χ3n) is 7.03. The third kappa shape index (κ3) is 3.91. The first-order valence-electron chi connectivity index (χ1n) is 11.6. The number of nitrogens with zero attached hydrogens (tertiary/aromatic N) is 6. The van der Waals surface area contributed by atoms with Gasteiger partial charge in [-0.15, -0.1) is 5.10 Å². The van der Waals surface area contributed by atoms with Crippen molar-refractivity contribution in [1.82, 2.24) is 35.0 Å². The number of tetrazole rings is 1. The van der Waals surface area contributed by atoms with Gasteiger partial charge < -0.3 is 14.6 Å². The van der Waals surface area contributed by atoms with E-state index in [0.717, 1.165) is 68.0 Å². The maximum atomic E-state index is 13.4. The third-order valence-corrected chi connectivity index (χ3v) is 7.03. The predicted octanol–water partition coefficient (Wildman–Crippen LogP) is 2.37. The zero-order valence-corrected chi connectivity index (χ0v) is 18.8. The normalized spacial score (nSPS) is 19.6. The largest absolute Gasteiger partial charge is 0.497 e. The van der Waals surface area contributed by atoms with Gasteiger partial charge in [-0.05, 0) is 53.4 Å². The van der Waals surface area contributed by atoms with E-state index in [9.17, 15) is 4.79 Å². The second-order valence-corrected chi connectivity index (χ2v) is 8.80. The fourth-order valence-corrected chi connectivity index (χ4v) is 5.15. The van der Waals surface area contributed by atoms with Gasteiger partial charge in [-0.25, -0.2) is 4.68 Å². The number of likely N-dealkylation sites (N-methyl/N-ethyl adjacent to an activating group) is 1. The van der Waals surface area contributed by atoms with E-state index in [4.69, 9.17) is 4.74 Å². The number of hydrogen-bond donors (Lipinski definition) is 1. The van der Waals surface area contributed by atoms with Gasteiger partial charge in [-0.2, -0.15) is 0 Å². The smallest absolute Gasteiger partial charge is 0.253 e. The summed E-state index contributed by atoms with van der Waals surface area (Å²) in [5.74, 6) is 1.50. The van der Waals surface area contributed by atoms with E-state index in [0.29, 0.717) is 11.6 Å². The van der Waals surface area contributed by atoms with Crippen LogP contribution in [0.15, 0.2) is 29.1 Å². The van der Waals surface area contributed by atoms with Gasteiger partial charge in [0.15, 0.2) is 5.82 Å². The van der Waals surface area contributed by atoms with Crippen LogP contribution < -0.4 is 10.3 Å². The van der Waals surface area contributed by atoms with Crippen LogP contribution in [0.1, 0.15) is 56.1 Å². The van der Waals surface area contributed by atoms with Crippen LogP contribution in [0.25, 0.3) is 10.9 Å². The van der Waals surface area contributed by atoms with E-state index in [1.807, 2.05) is 28.9 Å². The molecule has 3 heterocycles. The van der Waals surface area contributed by atoms with Gasteiger partial charge in [-0.1, -0.05) is 19.8 Å². The van der Waals surface area contributed by atoms with Gasteiger partial charge in [0.25, 0.3) is 5.56 Å². The lowest BCUT2D eigenvalue weighted by Crippen LogP contribution is -2.49. The second-order valence-electron chi connectivity index (χ2n) is 8.80. The molecule has 0 unspecified atom stereocenters. The minimum Gasteiger partial charge on any atom is -0.497 e. The number of piperazine rings is 1. The highest BCUT2D eigenvalue weighted by Gasteiger charge is 2.34. The molecule has 5 rings (SSSR count). The lowest BCUT2D eigenvalue weighted by molar-refractivity contribution is 0.107. The molecule has 0 radical (unpaired) electrons. The number of H-pyrrole nitrogens is 1. The number of methoxy groups -OCH3 is 1. The molecule has 1 aromatic carbocycles. The average Bonchev–Trinajstić information content (AvgIpc) is 3.52. The van der Waals surface area contributed by atoms with Gasteiger partial charge >= 0.3 is 0 Å². The number of aromatic nitrogens is 5. The van der Waals surface area contributed by atoms with Crippen molar-refractivity contribution in [2.75, 3.05) is 39.8 Å². The van der Waals surface area contributed by atoms with Crippen LogP contribution in [0.4, 0.5) is 0 Å². The predicted molar refractivity (Wildman–Crippen MR) is 122 cm³/mol. The maximum Gasteiger partial charge on any atom is 0.253 e. The first-order chi connectivity index (χ1) is 15.7. The Kier molecular flexibility index (Phi) is 5.93. The molecule has 170 valence electrons. The Labute approximate surface area is 187 Å². The molecule has 32 heavy (non-hydrogen) atoms. The molecular formula is C23H31N7O2. The van der Waals surface area contributed by atoms with Crippen molar-refractivity contribution in [3.8, 4) is 5.75 Å². The standard InChI is InChI=1S/C23H31N7O2/c1-3-28-10-12-29(13-11-28)21(22-25-26-27-30(22)17-6-4-5-7-17)19-14-16-8-9-18(32-2)15-20(16)24-23(19)31/h8-9,14-15,17,21H,3-7,10-13H2,1-2H3,(H,24,31)/t21-/m1/s1. The lowest BCUT2D eigenvalue weighted by atomic mass is 10.0. The van der Waals surface area contributed by atoms with Crippen molar-refractivity contribution in [3.05, 3.63) is 46.0 Å². The highest BCUT2D eigenvalue weighted by atomic mass is 16.5. The number of nitrogens with one attached hydrogen (secondary N) is 1. The highest BCUT2D eigenvalue weighted by molar-refractivity contribution is 5.80. The summed E-state index contributed by atoms with van der Waals surface area (Å²) in [5.41, 5.74) is 1.36. The van der Waals surface area contributed by atoms with Crippen LogP contribution in [0.2, 0.25) is 0 Å². The minimum atomic E-state index is -0.278. The van der Waals surface area contributed by atoms with E-state index < -0.39 is 0 Å². The first kappa shape index (κ1) is 21.1. The van der Waals surface area contributed by atoms with Crippen LogP contribution in [0.5, 0.6) is 5.75 Å². The Morgan fingerprint density at radius 2 is 1.94 bits per heavy atom. The number of pyridine rings is 1. The molecule has 1 aliphatic carbocycles. The molecule has 2 aliphatic rings. The topological polar surface area (TPSA) is 92.2 Å². The van der Waals surface area contributed by atoms with E-state index in [1.165, 1.54) is 12.8 Å². The molecule has 2 fully saturated rings. The molecular weight excluding hydrogens is 406 g/mol. The van der Waals surface area contributed by atoms with Gasteiger partial charge in [0.05, 0.1) is 18.7 Å². The molecule has 1 aliphatic heterocycles. The summed E-state index contributed by atoms with van der Waals surface area (Å²) in [6, 6.07) is 7.79. The van der Waals surface area contributed by atoms with Gasteiger partial charge in [0.2, 0.25) is 0 Å². The summed E-state index contributed by atoms with van der Waals surface area (Å²) < 4.78 is 7.31. The molecule has 1 saturated carbocycles. The van der Waals surface area contributed by atoms with E-state index in [1.54, 1.807) is 7.11 Å². The molecule has 1 N–H and O–H groups in total. The summed E-state index contributed by atoms with van der Waals surface area (Å²) in [6.45, 7) is 6.92. The molecule has 2 aromatic heterocycles. The highest BCUT2D eigenvalue weighted by Crippen LogP contribution is 2.34.